The number of halogens is 4. The van der Waals surface area contributed by atoms with Gasteiger partial charge in [0, 0.05) is 0 Å². The maximum Gasteiger partial charge on any atom is 0.422 e. The number of hydrogen-bond acceptors (Lipinski definition) is 0. The second-order valence-electron chi connectivity index (χ2n) is 3.29. The molecule has 0 radical (unpaired) electrons. The third kappa shape index (κ3) is 3.08. The monoisotopic (exact) mass is 172 g/mol. The summed E-state index contributed by atoms with van der Waals surface area (Å²) in [5.41, 5.74) is -3.04. The lowest BCUT2D eigenvalue weighted by molar-refractivity contribution is -0.228. The zero-order valence-corrected chi connectivity index (χ0v) is 6.80. The van der Waals surface area contributed by atoms with Crippen LogP contribution >= 0.6 is 0 Å². The fourth-order valence-electron chi connectivity index (χ4n) is 0.882. The first-order chi connectivity index (χ1) is 4.67. The Morgan fingerprint density at radius 1 is 1.09 bits per heavy atom. The highest BCUT2D eigenvalue weighted by atomic mass is 19.4. The molecule has 0 saturated heterocycles. The number of alkyl halides is 4. The molecule has 0 aromatic heterocycles. The van der Waals surface area contributed by atoms with E-state index in [2.05, 4.69) is 0 Å². The Morgan fingerprint density at radius 2 is 1.45 bits per heavy atom. The van der Waals surface area contributed by atoms with E-state index >= 15 is 0 Å². The second-order valence-corrected chi connectivity index (χ2v) is 3.29. The van der Waals surface area contributed by atoms with Crippen molar-refractivity contribution in [3.8, 4) is 0 Å². The molecule has 0 amide bonds. The third-order valence-electron chi connectivity index (χ3n) is 1.38. The van der Waals surface area contributed by atoms with Gasteiger partial charge in [-0.3, -0.25) is 0 Å². The first-order valence-electron chi connectivity index (χ1n) is 3.42. The molecule has 1 atom stereocenters. The van der Waals surface area contributed by atoms with Crippen molar-refractivity contribution in [2.24, 2.45) is 5.92 Å². The molecule has 0 bridgehead atoms. The van der Waals surface area contributed by atoms with E-state index in [0.717, 1.165) is 0 Å². The molecule has 0 aliphatic heterocycles. The third-order valence-corrected chi connectivity index (χ3v) is 1.38. The Labute approximate surface area is 63.6 Å². The van der Waals surface area contributed by atoms with E-state index in [1.54, 1.807) is 13.8 Å². The number of rotatable bonds is 2. The zero-order valence-electron chi connectivity index (χ0n) is 6.80. The highest BCUT2D eigenvalue weighted by Crippen LogP contribution is 2.38. The van der Waals surface area contributed by atoms with E-state index in [1.165, 1.54) is 0 Å². The molecular weight excluding hydrogens is 160 g/mol. The van der Waals surface area contributed by atoms with Gasteiger partial charge >= 0.3 is 6.18 Å². The van der Waals surface area contributed by atoms with E-state index in [1.807, 2.05) is 0 Å². The molecule has 0 aliphatic carbocycles. The molecule has 0 fully saturated rings. The van der Waals surface area contributed by atoms with Crippen LogP contribution in [-0.4, -0.2) is 11.8 Å². The van der Waals surface area contributed by atoms with Crippen LogP contribution in [0.4, 0.5) is 17.6 Å². The molecule has 0 saturated carbocycles. The van der Waals surface area contributed by atoms with Crippen molar-refractivity contribution in [3.63, 3.8) is 0 Å². The highest BCUT2D eigenvalue weighted by molar-refractivity contribution is 4.82. The van der Waals surface area contributed by atoms with Crippen LogP contribution in [0.1, 0.15) is 27.2 Å². The maximum absolute atomic E-state index is 12.7. The quantitative estimate of drug-likeness (QED) is 0.560. The van der Waals surface area contributed by atoms with Crippen molar-refractivity contribution < 1.29 is 17.6 Å². The number of hydrogen-bond donors (Lipinski definition) is 0. The lowest BCUT2D eigenvalue weighted by atomic mass is 9.96. The van der Waals surface area contributed by atoms with Crippen LogP contribution in [0, 0.1) is 5.92 Å². The lowest BCUT2D eigenvalue weighted by Crippen LogP contribution is -2.38. The fraction of sp³-hybridized carbons (Fsp3) is 1.00. The summed E-state index contributed by atoms with van der Waals surface area (Å²) in [6, 6.07) is 0. The molecule has 11 heavy (non-hydrogen) atoms. The van der Waals surface area contributed by atoms with E-state index in [4.69, 9.17) is 0 Å². The molecule has 0 aromatic rings. The molecule has 0 N–H and O–H groups in total. The molecule has 0 nitrogen and oxygen atoms in total. The Bertz CT molecular complexity index is 123. The second kappa shape index (κ2) is 2.99. The topological polar surface area (TPSA) is 0 Å². The summed E-state index contributed by atoms with van der Waals surface area (Å²) in [7, 11) is 0. The van der Waals surface area contributed by atoms with Gasteiger partial charge in [-0.25, -0.2) is 4.39 Å². The Kier molecular flexibility index (Phi) is 2.91. The van der Waals surface area contributed by atoms with Crippen LogP contribution < -0.4 is 0 Å². The van der Waals surface area contributed by atoms with Gasteiger partial charge in [0.25, 0.3) is 0 Å². The van der Waals surface area contributed by atoms with Gasteiger partial charge in [0.1, 0.15) is 0 Å². The molecule has 0 aromatic carbocycles. The van der Waals surface area contributed by atoms with Crippen LogP contribution in [0.25, 0.3) is 0 Å². The molecular formula is C7H12F4. The SMILES string of the molecule is CC(C)CC(C)(F)C(F)(F)F. The molecule has 0 aliphatic rings. The molecule has 0 spiro atoms. The zero-order chi connectivity index (χ0) is 9.28. The summed E-state index contributed by atoms with van der Waals surface area (Å²) >= 11 is 0. The van der Waals surface area contributed by atoms with E-state index in [-0.39, 0.29) is 5.92 Å². The van der Waals surface area contributed by atoms with Crippen LogP contribution in [0.15, 0.2) is 0 Å². The lowest BCUT2D eigenvalue weighted by Gasteiger charge is -2.24. The smallest absolute Gasteiger partial charge is 0.234 e. The standard InChI is InChI=1S/C7H12F4/c1-5(2)4-6(3,8)7(9,10)11/h5H,4H2,1-3H3. The molecule has 4 heteroatoms. The average molecular weight is 172 g/mol. The summed E-state index contributed by atoms with van der Waals surface area (Å²) in [5, 5.41) is 0. The van der Waals surface area contributed by atoms with Gasteiger partial charge in [-0.2, -0.15) is 13.2 Å². The van der Waals surface area contributed by atoms with E-state index < -0.39 is 18.3 Å². The highest BCUT2D eigenvalue weighted by Gasteiger charge is 2.51. The minimum atomic E-state index is -4.74. The van der Waals surface area contributed by atoms with E-state index in [9.17, 15) is 17.6 Å². The Morgan fingerprint density at radius 3 is 1.55 bits per heavy atom. The van der Waals surface area contributed by atoms with Crippen LogP contribution in [0.5, 0.6) is 0 Å². The van der Waals surface area contributed by atoms with Crippen molar-refractivity contribution in [3.05, 3.63) is 0 Å². The molecule has 1 unspecified atom stereocenters. The van der Waals surface area contributed by atoms with Gasteiger partial charge in [0.15, 0.2) is 0 Å². The van der Waals surface area contributed by atoms with Crippen molar-refractivity contribution >= 4 is 0 Å². The van der Waals surface area contributed by atoms with Gasteiger partial charge in [0.05, 0.1) is 0 Å². The van der Waals surface area contributed by atoms with Gasteiger partial charge in [-0.1, -0.05) is 13.8 Å². The van der Waals surface area contributed by atoms with Crippen molar-refractivity contribution in [1.29, 1.82) is 0 Å². The Balaban J connectivity index is 4.22. The molecule has 0 heterocycles. The van der Waals surface area contributed by atoms with Crippen LogP contribution in [-0.2, 0) is 0 Å². The summed E-state index contributed by atoms with van der Waals surface area (Å²) in [6.45, 7) is 3.69. The summed E-state index contributed by atoms with van der Waals surface area (Å²) in [5.74, 6) is -0.286. The molecule has 68 valence electrons. The van der Waals surface area contributed by atoms with Crippen molar-refractivity contribution in [1.82, 2.24) is 0 Å². The largest absolute Gasteiger partial charge is 0.422 e. The fourth-order valence-corrected chi connectivity index (χ4v) is 0.882. The average Bonchev–Trinajstić information content (AvgIpc) is 1.56. The predicted octanol–water partition coefficient (Wildman–Crippen LogP) is 3.32. The normalized spacial score (nSPS) is 18.5. The van der Waals surface area contributed by atoms with E-state index in [0.29, 0.717) is 6.92 Å². The summed E-state index contributed by atoms with van der Waals surface area (Å²) < 4.78 is 48.2. The minimum Gasteiger partial charge on any atom is -0.234 e. The first kappa shape index (κ1) is 10.7. The van der Waals surface area contributed by atoms with Crippen LogP contribution in [0.2, 0.25) is 0 Å². The van der Waals surface area contributed by atoms with Crippen molar-refractivity contribution in [2.45, 2.75) is 39.0 Å². The van der Waals surface area contributed by atoms with Crippen molar-refractivity contribution in [2.75, 3.05) is 0 Å². The van der Waals surface area contributed by atoms with Gasteiger partial charge in [-0.05, 0) is 19.3 Å². The summed E-state index contributed by atoms with van der Waals surface area (Å²) in [4.78, 5) is 0. The first-order valence-corrected chi connectivity index (χ1v) is 3.42. The Hall–Kier alpha value is -0.280. The van der Waals surface area contributed by atoms with Gasteiger partial charge in [-0.15, -0.1) is 0 Å². The van der Waals surface area contributed by atoms with Gasteiger partial charge < -0.3 is 0 Å². The predicted molar refractivity (Wildman–Crippen MR) is 35.0 cm³/mol. The maximum atomic E-state index is 12.7. The minimum absolute atomic E-state index is 0.286. The molecule has 0 rings (SSSR count). The van der Waals surface area contributed by atoms with Crippen LogP contribution in [0.3, 0.4) is 0 Å². The van der Waals surface area contributed by atoms with Gasteiger partial charge in [0.2, 0.25) is 5.67 Å². The summed E-state index contributed by atoms with van der Waals surface area (Å²) in [6.07, 6.45) is -5.21.